The summed E-state index contributed by atoms with van der Waals surface area (Å²) in [6.45, 7) is 10.3. The van der Waals surface area contributed by atoms with Gasteiger partial charge >= 0.3 is 0 Å². The van der Waals surface area contributed by atoms with Crippen molar-refractivity contribution in [3.63, 3.8) is 0 Å². The van der Waals surface area contributed by atoms with Gasteiger partial charge in [0.1, 0.15) is 5.69 Å². The fourth-order valence-corrected chi connectivity index (χ4v) is 5.29. The lowest BCUT2D eigenvalue weighted by molar-refractivity contribution is 0.102. The number of nitrogens with zero attached hydrogens (tertiary/aromatic N) is 3. The van der Waals surface area contributed by atoms with Gasteiger partial charge in [-0.1, -0.05) is 32.5 Å². The van der Waals surface area contributed by atoms with Crippen LogP contribution >= 0.6 is 11.8 Å². The van der Waals surface area contributed by atoms with Crippen molar-refractivity contribution in [3.8, 4) is 5.88 Å². The Balaban J connectivity index is 1.91. The molecule has 1 aromatic carbocycles. The number of benzene rings is 1. The monoisotopic (exact) mass is 507 g/mol. The van der Waals surface area contributed by atoms with Gasteiger partial charge in [0.2, 0.25) is 5.88 Å². The van der Waals surface area contributed by atoms with Crippen LogP contribution in [-0.2, 0) is 10.3 Å². The Hall–Kier alpha value is -2.79. The topological polar surface area (TPSA) is 112 Å². The third-order valence-corrected chi connectivity index (χ3v) is 7.37. The molecule has 0 unspecified atom stereocenters. The van der Waals surface area contributed by atoms with Gasteiger partial charge in [-0.05, 0) is 25.8 Å². The number of thioether (sulfide) groups is 1. The molecule has 35 heavy (non-hydrogen) atoms. The van der Waals surface area contributed by atoms with Crippen molar-refractivity contribution in [1.82, 2.24) is 9.97 Å². The number of hydrogen-bond acceptors (Lipinski definition) is 8. The number of anilines is 1. The lowest BCUT2D eigenvalue weighted by atomic mass is 9.74. The van der Waals surface area contributed by atoms with Crippen LogP contribution in [0.3, 0.4) is 0 Å². The highest BCUT2D eigenvalue weighted by Crippen LogP contribution is 2.50. The number of amides is 1. The van der Waals surface area contributed by atoms with Crippen molar-refractivity contribution >= 4 is 28.5 Å². The molecule has 3 N–H and O–H groups in total. The highest BCUT2D eigenvalue weighted by molar-refractivity contribution is 8.15. The lowest BCUT2D eigenvalue weighted by Gasteiger charge is -2.47. The first kappa shape index (κ1) is 26.8. The highest BCUT2D eigenvalue weighted by atomic mass is 32.2. The molecule has 2 aromatic rings. The van der Waals surface area contributed by atoms with Crippen molar-refractivity contribution in [1.29, 1.82) is 0 Å². The molecular formula is C24H31F2N5O3S. The standard InChI is InChI=1S/C24H31F2N5O3S/c1-13(2)11-34-19-10-28-18(9-29-19)21(32)30-15-7-16(20(26)17(25)8-15)24(5)14(3)23(4,12-33-6)35-22(27)31-24/h7-10,13-14H,11-12H2,1-6H3,(H2,27,31)(H,30,32)/t14-,23-,24+/m1/s1. The summed E-state index contributed by atoms with van der Waals surface area (Å²) in [6, 6.07) is 2.29. The molecule has 0 aliphatic carbocycles. The third-order valence-electron chi connectivity index (χ3n) is 6.13. The molecule has 8 nitrogen and oxygen atoms in total. The van der Waals surface area contributed by atoms with E-state index in [4.69, 9.17) is 15.2 Å². The number of methoxy groups -OCH3 is 1. The minimum absolute atomic E-state index is 0.00300. The van der Waals surface area contributed by atoms with Gasteiger partial charge in [0.15, 0.2) is 16.8 Å². The number of nitrogens with two attached hydrogens (primary N) is 1. The maximum atomic E-state index is 15.1. The molecule has 0 saturated carbocycles. The number of carbonyl (C=O) groups excluding carboxylic acids is 1. The molecule has 190 valence electrons. The van der Waals surface area contributed by atoms with Gasteiger partial charge in [-0.3, -0.25) is 9.79 Å². The van der Waals surface area contributed by atoms with E-state index in [1.807, 2.05) is 27.7 Å². The summed E-state index contributed by atoms with van der Waals surface area (Å²) in [5.41, 5.74) is 4.92. The Bertz CT molecular complexity index is 1120. The molecule has 1 aromatic heterocycles. The molecule has 1 aliphatic heterocycles. The summed E-state index contributed by atoms with van der Waals surface area (Å²) < 4.78 is 40.1. The molecule has 0 bridgehead atoms. The fraction of sp³-hybridized carbons (Fsp3) is 0.500. The summed E-state index contributed by atoms with van der Waals surface area (Å²) >= 11 is 1.34. The Labute approximate surface area is 208 Å². The summed E-state index contributed by atoms with van der Waals surface area (Å²) in [4.78, 5) is 25.4. The number of amidine groups is 1. The Morgan fingerprint density at radius 3 is 2.57 bits per heavy atom. The third kappa shape index (κ3) is 5.72. The number of rotatable bonds is 8. The van der Waals surface area contributed by atoms with E-state index in [-0.39, 0.29) is 33.9 Å². The van der Waals surface area contributed by atoms with Crippen molar-refractivity contribution in [2.24, 2.45) is 22.6 Å². The zero-order valence-corrected chi connectivity index (χ0v) is 21.5. The number of nitrogens with one attached hydrogen (secondary N) is 1. The first-order valence-electron chi connectivity index (χ1n) is 11.2. The van der Waals surface area contributed by atoms with Crippen LogP contribution in [0, 0.1) is 23.5 Å². The summed E-state index contributed by atoms with van der Waals surface area (Å²) in [5, 5.41) is 2.81. The van der Waals surface area contributed by atoms with E-state index in [9.17, 15) is 9.18 Å². The van der Waals surface area contributed by atoms with Gasteiger partial charge in [0.25, 0.3) is 5.91 Å². The highest BCUT2D eigenvalue weighted by Gasteiger charge is 2.50. The van der Waals surface area contributed by atoms with Crippen LogP contribution in [-0.4, -0.2) is 46.1 Å². The van der Waals surface area contributed by atoms with Gasteiger partial charge in [-0.2, -0.15) is 0 Å². The van der Waals surface area contributed by atoms with Gasteiger partial charge in [-0.15, -0.1) is 0 Å². The van der Waals surface area contributed by atoms with E-state index >= 15 is 4.39 Å². The smallest absolute Gasteiger partial charge is 0.275 e. The number of ether oxygens (including phenoxy) is 2. The fourth-order valence-electron chi connectivity index (χ4n) is 3.99. The molecule has 2 heterocycles. The number of halogens is 2. The second-order valence-electron chi connectivity index (χ2n) is 9.39. The van der Waals surface area contributed by atoms with Gasteiger partial charge in [-0.25, -0.2) is 18.7 Å². The van der Waals surface area contributed by atoms with Crippen LogP contribution in [0.1, 0.15) is 50.7 Å². The molecule has 0 saturated heterocycles. The van der Waals surface area contributed by atoms with Gasteiger partial charge in [0, 0.05) is 35.1 Å². The minimum atomic E-state index is -1.20. The van der Waals surface area contributed by atoms with E-state index in [1.165, 1.54) is 30.2 Å². The molecule has 3 atom stereocenters. The van der Waals surface area contributed by atoms with Crippen LogP contribution in [0.2, 0.25) is 0 Å². The van der Waals surface area contributed by atoms with Crippen molar-refractivity contribution in [2.75, 3.05) is 25.6 Å². The summed E-state index contributed by atoms with van der Waals surface area (Å²) in [6.07, 6.45) is 2.60. The molecule has 3 rings (SSSR count). The van der Waals surface area contributed by atoms with Crippen LogP contribution in [0.4, 0.5) is 14.5 Å². The van der Waals surface area contributed by atoms with Crippen molar-refractivity contribution < 1.29 is 23.0 Å². The Morgan fingerprint density at radius 1 is 1.26 bits per heavy atom. The zero-order valence-electron chi connectivity index (χ0n) is 20.7. The Morgan fingerprint density at radius 2 is 1.97 bits per heavy atom. The normalized spacial score (nSPS) is 24.3. The van der Waals surface area contributed by atoms with Crippen molar-refractivity contribution in [3.05, 3.63) is 47.4 Å². The molecule has 0 fully saturated rings. The van der Waals surface area contributed by atoms with E-state index in [0.717, 1.165) is 6.07 Å². The molecule has 0 radical (unpaired) electrons. The lowest BCUT2D eigenvalue weighted by Crippen LogP contribution is -2.50. The minimum Gasteiger partial charge on any atom is -0.476 e. The second kappa shape index (κ2) is 10.4. The molecule has 1 aliphatic rings. The summed E-state index contributed by atoms with van der Waals surface area (Å²) in [5.74, 6) is -2.49. The molecule has 0 spiro atoms. The molecule has 1 amide bonds. The van der Waals surface area contributed by atoms with Crippen molar-refractivity contribution in [2.45, 2.75) is 44.9 Å². The summed E-state index contributed by atoms with van der Waals surface area (Å²) in [7, 11) is 1.57. The number of aromatic nitrogens is 2. The van der Waals surface area contributed by atoms with Gasteiger partial charge in [0.05, 0.1) is 31.1 Å². The second-order valence-corrected chi connectivity index (χ2v) is 10.9. The van der Waals surface area contributed by atoms with Crippen LogP contribution in [0.15, 0.2) is 29.5 Å². The number of carbonyl (C=O) groups is 1. The van der Waals surface area contributed by atoms with E-state index < -0.39 is 27.8 Å². The van der Waals surface area contributed by atoms with Crippen LogP contribution < -0.4 is 15.8 Å². The Kier molecular flexibility index (Phi) is 8.00. The number of hydrogen-bond donors (Lipinski definition) is 2. The SMILES string of the molecule is COC[C@@]1(C)SC(N)=N[C@](C)(c2cc(NC(=O)c3cnc(OCC(C)C)cn3)cc(F)c2F)[C@@H]1C. The first-order chi connectivity index (χ1) is 16.4. The number of aliphatic imine (C=N–C) groups is 1. The van der Waals surface area contributed by atoms with Gasteiger partial charge < -0.3 is 20.5 Å². The maximum absolute atomic E-state index is 15.1. The largest absolute Gasteiger partial charge is 0.476 e. The van der Waals surface area contributed by atoms with E-state index in [0.29, 0.717) is 19.1 Å². The maximum Gasteiger partial charge on any atom is 0.275 e. The average Bonchev–Trinajstić information content (AvgIpc) is 2.78. The van der Waals surface area contributed by atoms with Crippen LogP contribution in [0.25, 0.3) is 0 Å². The molecular weight excluding hydrogens is 476 g/mol. The molecule has 11 heteroatoms. The first-order valence-corrected chi connectivity index (χ1v) is 12.0. The van der Waals surface area contributed by atoms with Crippen LogP contribution in [0.5, 0.6) is 5.88 Å². The van der Waals surface area contributed by atoms with E-state index in [1.54, 1.807) is 14.0 Å². The quantitative estimate of drug-likeness (QED) is 0.546. The average molecular weight is 508 g/mol. The zero-order chi connectivity index (χ0) is 26.0. The predicted octanol–water partition coefficient (Wildman–Crippen LogP) is 4.36. The predicted molar refractivity (Wildman–Crippen MR) is 133 cm³/mol. The van der Waals surface area contributed by atoms with E-state index in [2.05, 4.69) is 20.3 Å².